The van der Waals surface area contributed by atoms with E-state index in [0.717, 1.165) is 12.0 Å². The molecule has 1 saturated heterocycles. The second kappa shape index (κ2) is 6.81. The number of likely N-dealkylation sites (tertiary alicyclic amines) is 1. The molecule has 1 heterocycles. The van der Waals surface area contributed by atoms with Gasteiger partial charge in [-0.3, -0.25) is 4.79 Å². The van der Waals surface area contributed by atoms with Gasteiger partial charge >= 0.3 is 0 Å². The maximum atomic E-state index is 12.9. The Labute approximate surface area is 118 Å². The van der Waals surface area contributed by atoms with Crippen LogP contribution in [0.4, 0.5) is 4.39 Å². The molecular formula is C15H21FN2O2. The van der Waals surface area contributed by atoms with Crippen molar-refractivity contribution in [2.24, 2.45) is 5.73 Å². The highest BCUT2D eigenvalue weighted by atomic mass is 19.1. The first-order chi connectivity index (χ1) is 9.61. The van der Waals surface area contributed by atoms with Crippen LogP contribution in [0.2, 0.25) is 0 Å². The van der Waals surface area contributed by atoms with Crippen LogP contribution in [0, 0.1) is 5.82 Å². The van der Waals surface area contributed by atoms with E-state index in [9.17, 15) is 9.18 Å². The van der Waals surface area contributed by atoms with Crippen LogP contribution in [0.5, 0.6) is 0 Å². The Morgan fingerprint density at radius 1 is 1.45 bits per heavy atom. The smallest absolute Gasteiger partial charge is 0.224 e. The molecule has 20 heavy (non-hydrogen) atoms. The Balaban J connectivity index is 1.95. The molecule has 5 heteroatoms. The summed E-state index contributed by atoms with van der Waals surface area (Å²) >= 11 is 0. The third-order valence-corrected chi connectivity index (χ3v) is 3.83. The number of methoxy groups -OCH3 is 1. The summed E-state index contributed by atoms with van der Waals surface area (Å²) < 4.78 is 17.9. The summed E-state index contributed by atoms with van der Waals surface area (Å²) in [4.78, 5) is 13.7. The van der Waals surface area contributed by atoms with E-state index in [1.165, 1.54) is 12.1 Å². The summed E-state index contributed by atoms with van der Waals surface area (Å²) in [5.41, 5.74) is 7.23. The van der Waals surface area contributed by atoms with Crippen molar-refractivity contribution in [3.05, 3.63) is 35.6 Å². The summed E-state index contributed by atoms with van der Waals surface area (Å²) in [6.45, 7) is 1.68. The zero-order chi connectivity index (χ0) is 14.5. The fourth-order valence-corrected chi connectivity index (χ4v) is 2.68. The number of nitrogens with two attached hydrogens (primary N) is 1. The van der Waals surface area contributed by atoms with Gasteiger partial charge in [-0.25, -0.2) is 4.39 Å². The van der Waals surface area contributed by atoms with E-state index in [1.54, 1.807) is 24.1 Å². The molecule has 2 N–H and O–H groups in total. The van der Waals surface area contributed by atoms with Crippen LogP contribution in [0.25, 0.3) is 0 Å². The van der Waals surface area contributed by atoms with Gasteiger partial charge in [0, 0.05) is 32.2 Å². The predicted molar refractivity (Wildman–Crippen MR) is 74.8 cm³/mol. The molecule has 4 nitrogen and oxygen atoms in total. The van der Waals surface area contributed by atoms with Crippen LogP contribution in [-0.2, 0) is 9.53 Å². The van der Waals surface area contributed by atoms with Gasteiger partial charge in [0.2, 0.25) is 5.91 Å². The number of carbonyl (C=O) groups excluding carboxylic acids is 1. The summed E-state index contributed by atoms with van der Waals surface area (Å²) in [6, 6.07) is 6.36. The van der Waals surface area contributed by atoms with E-state index in [4.69, 9.17) is 10.5 Å². The van der Waals surface area contributed by atoms with Gasteiger partial charge in [-0.1, -0.05) is 12.1 Å². The molecule has 1 aromatic rings. The molecule has 1 aliphatic heterocycles. The molecule has 110 valence electrons. The molecule has 0 bridgehead atoms. The lowest BCUT2D eigenvalue weighted by Gasteiger charge is -2.37. The Kier molecular flexibility index (Phi) is 5.09. The number of hydrogen-bond acceptors (Lipinski definition) is 3. The maximum Gasteiger partial charge on any atom is 0.224 e. The first-order valence-corrected chi connectivity index (χ1v) is 6.89. The Morgan fingerprint density at radius 2 is 2.15 bits per heavy atom. The van der Waals surface area contributed by atoms with E-state index in [1.807, 2.05) is 0 Å². The zero-order valence-corrected chi connectivity index (χ0v) is 11.7. The molecule has 1 amide bonds. The quantitative estimate of drug-likeness (QED) is 0.909. The van der Waals surface area contributed by atoms with Crippen LogP contribution in [0.15, 0.2) is 24.3 Å². The van der Waals surface area contributed by atoms with Gasteiger partial charge in [0.15, 0.2) is 0 Å². The van der Waals surface area contributed by atoms with E-state index < -0.39 is 0 Å². The molecule has 0 aromatic heterocycles. The van der Waals surface area contributed by atoms with Crippen LogP contribution >= 0.6 is 0 Å². The van der Waals surface area contributed by atoms with Crippen LogP contribution < -0.4 is 5.73 Å². The Hall–Kier alpha value is -1.46. The number of halogens is 1. The molecule has 0 radical (unpaired) electrons. The van der Waals surface area contributed by atoms with Gasteiger partial charge in [-0.05, 0) is 24.1 Å². The van der Waals surface area contributed by atoms with E-state index >= 15 is 0 Å². The minimum atomic E-state index is -0.241. The van der Waals surface area contributed by atoms with Crippen LogP contribution in [0.1, 0.15) is 24.3 Å². The van der Waals surface area contributed by atoms with Crippen molar-refractivity contribution in [2.75, 3.05) is 26.8 Å². The van der Waals surface area contributed by atoms with Crippen molar-refractivity contribution in [2.45, 2.75) is 24.8 Å². The summed E-state index contributed by atoms with van der Waals surface area (Å²) in [5.74, 6) is 0.0245. The summed E-state index contributed by atoms with van der Waals surface area (Å²) in [6.07, 6.45) is 1.20. The number of nitrogens with zero attached hydrogens (tertiary/aromatic N) is 1. The average molecular weight is 280 g/mol. The normalized spacial score (nSPS) is 22.9. The second-order valence-electron chi connectivity index (χ2n) is 5.19. The monoisotopic (exact) mass is 280 g/mol. The number of amides is 1. The minimum Gasteiger partial charge on any atom is -0.384 e. The molecular weight excluding hydrogens is 259 g/mol. The molecule has 0 saturated carbocycles. The van der Waals surface area contributed by atoms with Crippen LogP contribution in [0.3, 0.4) is 0 Å². The topological polar surface area (TPSA) is 55.6 Å². The number of piperidine rings is 1. The van der Waals surface area contributed by atoms with Gasteiger partial charge in [0.25, 0.3) is 0 Å². The largest absolute Gasteiger partial charge is 0.384 e. The standard InChI is InChI=1S/C15H21FN2O2/c1-20-9-7-15(19)18-8-6-13(14(17)10-18)11-2-4-12(16)5-3-11/h2-5,13-14H,6-10,17H2,1H3. The van der Waals surface area contributed by atoms with Crippen molar-refractivity contribution in [1.82, 2.24) is 4.90 Å². The highest BCUT2D eigenvalue weighted by molar-refractivity contribution is 5.76. The fourth-order valence-electron chi connectivity index (χ4n) is 2.68. The van der Waals surface area contributed by atoms with Gasteiger partial charge < -0.3 is 15.4 Å². The summed E-state index contributed by atoms with van der Waals surface area (Å²) in [5, 5.41) is 0. The molecule has 2 atom stereocenters. The van der Waals surface area contributed by atoms with E-state index in [-0.39, 0.29) is 23.7 Å². The first kappa shape index (κ1) is 14.9. The molecule has 2 unspecified atom stereocenters. The summed E-state index contributed by atoms with van der Waals surface area (Å²) in [7, 11) is 1.58. The number of carbonyl (C=O) groups is 1. The van der Waals surface area contributed by atoms with Crippen LogP contribution in [-0.4, -0.2) is 43.7 Å². The van der Waals surface area contributed by atoms with Crippen molar-refractivity contribution >= 4 is 5.91 Å². The minimum absolute atomic E-state index is 0.0832. The Bertz CT molecular complexity index is 450. The lowest BCUT2D eigenvalue weighted by Crippen LogP contribution is -2.49. The van der Waals surface area contributed by atoms with E-state index in [0.29, 0.717) is 26.1 Å². The van der Waals surface area contributed by atoms with Crippen molar-refractivity contribution in [1.29, 1.82) is 0 Å². The highest BCUT2D eigenvalue weighted by Gasteiger charge is 2.29. The third kappa shape index (κ3) is 3.55. The average Bonchev–Trinajstić information content (AvgIpc) is 2.46. The molecule has 0 spiro atoms. The molecule has 1 aromatic carbocycles. The molecule has 2 rings (SSSR count). The zero-order valence-electron chi connectivity index (χ0n) is 11.7. The van der Waals surface area contributed by atoms with Gasteiger partial charge in [0.05, 0.1) is 13.0 Å². The number of benzene rings is 1. The van der Waals surface area contributed by atoms with Gasteiger partial charge in [0.1, 0.15) is 5.82 Å². The van der Waals surface area contributed by atoms with Crippen molar-refractivity contribution < 1.29 is 13.9 Å². The molecule has 1 aliphatic rings. The Morgan fingerprint density at radius 3 is 2.75 bits per heavy atom. The predicted octanol–water partition coefficient (Wildman–Crippen LogP) is 1.51. The van der Waals surface area contributed by atoms with Crippen molar-refractivity contribution in [3.8, 4) is 0 Å². The molecule has 0 aliphatic carbocycles. The lowest BCUT2D eigenvalue weighted by molar-refractivity contribution is -0.133. The highest BCUT2D eigenvalue weighted by Crippen LogP contribution is 2.27. The lowest BCUT2D eigenvalue weighted by atomic mass is 9.85. The van der Waals surface area contributed by atoms with Crippen molar-refractivity contribution in [3.63, 3.8) is 0 Å². The fraction of sp³-hybridized carbons (Fsp3) is 0.533. The second-order valence-corrected chi connectivity index (χ2v) is 5.19. The number of hydrogen-bond donors (Lipinski definition) is 1. The SMILES string of the molecule is COCCC(=O)N1CCC(c2ccc(F)cc2)C(N)C1. The number of ether oxygens (including phenoxy) is 1. The molecule has 1 fully saturated rings. The maximum absolute atomic E-state index is 12.9. The number of rotatable bonds is 4. The van der Waals surface area contributed by atoms with E-state index in [2.05, 4.69) is 0 Å². The first-order valence-electron chi connectivity index (χ1n) is 6.89. The van der Waals surface area contributed by atoms with Gasteiger partial charge in [-0.15, -0.1) is 0 Å². The third-order valence-electron chi connectivity index (χ3n) is 3.83. The van der Waals surface area contributed by atoms with Gasteiger partial charge in [-0.2, -0.15) is 0 Å².